The normalized spacial score (nSPS) is 20.7. The molecule has 0 aliphatic heterocycles. The van der Waals surface area contributed by atoms with Crippen molar-refractivity contribution < 1.29 is 5.11 Å². The Morgan fingerprint density at radius 3 is 2.48 bits per heavy atom. The molecule has 1 fully saturated rings. The molecule has 0 amide bonds. The minimum Gasteiger partial charge on any atom is -0.389 e. The van der Waals surface area contributed by atoms with Gasteiger partial charge in [-0.2, -0.15) is 0 Å². The molecule has 1 aliphatic carbocycles. The highest BCUT2D eigenvalue weighted by molar-refractivity contribution is 5.30. The van der Waals surface area contributed by atoms with Gasteiger partial charge in [-0.1, -0.05) is 44.0 Å². The third-order valence-corrected chi connectivity index (χ3v) is 4.94. The highest BCUT2D eigenvalue weighted by atomic mass is 16.3. The summed E-state index contributed by atoms with van der Waals surface area (Å²) in [7, 11) is 2.10. The first-order valence-corrected chi connectivity index (χ1v) is 8.20. The minimum absolute atomic E-state index is 0.0844. The highest BCUT2D eigenvalue weighted by Crippen LogP contribution is 2.34. The number of aliphatic hydroxyl groups is 1. The zero-order chi connectivity index (χ0) is 15.5. The maximum absolute atomic E-state index is 10.7. The predicted molar refractivity (Wildman–Crippen MR) is 88.2 cm³/mol. The number of likely N-dealkylation sites (N-methyl/N-ethyl adjacent to an activating group) is 1. The standard InChI is InChI=1S/C18H30N2O/c1-4-16(19)17(15-10-6-5-9-14(15)2)20(3)13-18(21)11-7-8-12-18/h5-6,9-10,16-17,21H,4,7-8,11-13,19H2,1-3H3. The Morgan fingerprint density at radius 2 is 1.90 bits per heavy atom. The second kappa shape index (κ2) is 6.91. The molecule has 1 saturated carbocycles. The van der Waals surface area contributed by atoms with Gasteiger partial charge >= 0.3 is 0 Å². The van der Waals surface area contributed by atoms with Crippen LogP contribution in [0.25, 0.3) is 0 Å². The molecule has 0 spiro atoms. The summed E-state index contributed by atoms with van der Waals surface area (Å²) < 4.78 is 0. The predicted octanol–water partition coefficient (Wildman–Crippen LogP) is 3.01. The van der Waals surface area contributed by atoms with Crippen LogP contribution in [0.3, 0.4) is 0 Å². The average molecular weight is 290 g/mol. The van der Waals surface area contributed by atoms with Gasteiger partial charge in [0.1, 0.15) is 0 Å². The molecule has 0 radical (unpaired) electrons. The number of rotatable bonds is 6. The Hall–Kier alpha value is -0.900. The third-order valence-electron chi connectivity index (χ3n) is 4.94. The van der Waals surface area contributed by atoms with Crippen molar-refractivity contribution in [1.82, 2.24) is 4.90 Å². The van der Waals surface area contributed by atoms with Crippen molar-refractivity contribution in [2.24, 2.45) is 5.73 Å². The molecule has 118 valence electrons. The molecule has 3 heteroatoms. The lowest BCUT2D eigenvalue weighted by molar-refractivity contribution is 0.00156. The average Bonchev–Trinajstić information content (AvgIpc) is 2.87. The van der Waals surface area contributed by atoms with Crippen LogP contribution in [0.15, 0.2) is 24.3 Å². The fourth-order valence-corrected chi connectivity index (χ4v) is 3.69. The Bertz CT molecular complexity index is 454. The van der Waals surface area contributed by atoms with Crippen LogP contribution in [0.1, 0.15) is 56.2 Å². The smallest absolute Gasteiger partial charge is 0.0774 e. The molecular formula is C18H30N2O. The molecule has 2 rings (SSSR count). The minimum atomic E-state index is -0.525. The van der Waals surface area contributed by atoms with E-state index in [2.05, 4.69) is 50.1 Å². The van der Waals surface area contributed by atoms with Crippen molar-refractivity contribution in [2.45, 2.75) is 63.6 Å². The van der Waals surface area contributed by atoms with Crippen LogP contribution in [0.5, 0.6) is 0 Å². The monoisotopic (exact) mass is 290 g/mol. The van der Waals surface area contributed by atoms with Crippen LogP contribution >= 0.6 is 0 Å². The zero-order valence-electron chi connectivity index (χ0n) is 13.7. The van der Waals surface area contributed by atoms with E-state index in [0.717, 1.165) is 32.1 Å². The molecule has 3 nitrogen and oxygen atoms in total. The molecule has 3 N–H and O–H groups in total. The molecule has 0 heterocycles. The van der Waals surface area contributed by atoms with Crippen LogP contribution < -0.4 is 5.73 Å². The van der Waals surface area contributed by atoms with Gasteiger partial charge in [0.2, 0.25) is 0 Å². The first-order valence-electron chi connectivity index (χ1n) is 8.20. The Balaban J connectivity index is 2.21. The lowest BCUT2D eigenvalue weighted by Gasteiger charge is -2.38. The molecule has 2 unspecified atom stereocenters. The SMILES string of the molecule is CCC(N)C(c1ccccc1C)N(C)CC1(O)CCCC1. The molecule has 0 saturated heterocycles. The lowest BCUT2D eigenvalue weighted by atomic mass is 9.91. The molecule has 1 aliphatic rings. The van der Waals surface area contributed by atoms with Crippen molar-refractivity contribution in [3.05, 3.63) is 35.4 Å². The first kappa shape index (κ1) is 16.5. The summed E-state index contributed by atoms with van der Waals surface area (Å²) in [5, 5.41) is 10.7. The van der Waals surface area contributed by atoms with Crippen LogP contribution in [0, 0.1) is 6.92 Å². The maximum Gasteiger partial charge on any atom is 0.0774 e. The summed E-state index contributed by atoms with van der Waals surface area (Å²) in [5.41, 5.74) is 8.45. The first-order chi connectivity index (χ1) is 9.97. The molecular weight excluding hydrogens is 260 g/mol. The quantitative estimate of drug-likeness (QED) is 0.846. The number of nitrogens with zero attached hydrogens (tertiary/aromatic N) is 1. The Labute approximate surface area is 129 Å². The largest absolute Gasteiger partial charge is 0.389 e. The van der Waals surface area contributed by atoms with E-state index in [1.165, 1.54) is 11.1 Å². The van der Waals surface area contributed by atoms with Gasteiger partial charge < -0.3 is 10.8 Å². The van der Waals surface area contributed by atoms with E-state index in [4.69, 9.17) is 5.73 Å². The van der Waals surface area contributed by atoms with E-state index in [-0.39, 0.29) is 12.1 Å². The topological polar surface area (TPSA) is 49.5 Å². The van der Waals surface area contributed by atoms with Crippen molar-refractivity contribution in [3.8, 4) is 0 Å². The van der Waals surface area contributed by atoms with E-state index >= 15 is 0 Å². The second-order valence-corrected chi connectivity index (χ2v) is 6.72. The van der Waals surface area contributed by atoms with E-state index in [9.17, 15) is 5.11 Å². The summed E-state index contributed by atoms with van der Waals surface area (Å²) in [4.78, 5) is 2.27. The lowest BCUT2D eigenvalue weighted by Crippen LogP contribution is -2.46. The van der Waals surface area contributed by atoms with Crippen molar-refractivity contribution >= 4 is 0 Å². The number of benzene rings is 1. The molecule has 2 atom stereocenters. The second-order valence-electron chi connectivity index (χ2n) is 6.72. The van der Waals surface area contributed by atoms with Crippen molar-refractivity contribution in [1.29, 1.82) is 0 Å². The molecule has 21 heavy (non-hydrogen) atoms. The van der Waals surface area contributed by atoms with Crippen LogP contribution in [-0.2, 0) is 0 Å². The van der Waals surface area contributed by atoms with Crippen LogP contribution in [-0.4, -0.2) is 35.2 Å². The number of hydrogen-bond acceptors (Lipinski definition) is 3. The summed E-state index contributed by atoms with van der Waals surface area (Å²) >= 11 is 0. The van der Waals surface area contributed by atoms with Gasteiger partial charge in [0, 0.05) is 18.6 Å². The van der Waals surface area contributed by atoms with Crippen molar-refractivity contribution in [3.63, 3.8) is 0 Å². The van der Waals surface area contributed by atoms with Gasteiger partial charge in [-0.3, -0.25) is 4.90 Å². The zero-order valence-corrected chi connectivity index (χ0v) is 13.7. The summed E-state index contributed by atoms with van der Waals surface area (Å²) in [6.07, 6.45) is 5.04. The molecule has 0 aromatic heterocycles. The van der Waals surface area contributed by atoms with Gasteiger partial charge in [0.25, 0.3) is 0 Å². The Kier molecular flexibility index (Phi) is 5.42. The van der Waals surface area contributed by atoms with Gasteiger partial charge in [-0.05, 0) is 44.4 Å². The summed E-state index contributed by atoms with van der Waals surface area (Å²) in [5.74, 6) is 0. The fourth-order valence-electron chi connectivity index (χ4n) is 3.69. The molecule has 0 bridgehead atoms. The molecule has 1 aromatic carbocycles. The van der Waals surface area contributed by atoms with E-state index in [1.54, 1.807) is 0 Å². The Morgan fingerprint density at radius 1 is 1.29 bits per heavy atom. The fraction of sp³-hybridized carbons (Fsp3) is 0.667. The number of hydrogen-bond donors (Lipinski definition) is 2. The number of aryl methyl sites for hydroxylation is 1. The van der Waals surface area contributed by atoms with Crippen LogP contribution in [0.4, 0.5) is 0 Å². The van der Waals surface area contributed by atoms with Gasteiger partial charge in [-0.25, -0.2) is 0 Å². The van der Waals surface area contributed by atoms with Crippen LogP contribution in [0.2, 0.25) is 0 Å². The van der Waals surface area contributed by atoms with Gasteiger partial charge in [-0.15, -0.1) is 0 Å². The van der Waals surface area contributed by atoms with E-state index in [1.807, 2.05) is 0 Å². The van der Waals surface area contributed by atoms with E-state index < -0.39 is 5.60 Å². The van der Waals surface area contributed by atoms with E-state index in [0.29, 0.717) is 6.54 Å². The van der Waals surface area contributed by atoms with Gasteiger partial charge in [0.05, 0.1) is 5.60 Å². The van der Waals surface area contributed by atoms with Gasteiger partial charge in [0.15, 0.2) is 0 Å². The number of nitrogens with two attached hydrogens (primary N) is 1. The van der Waals surface area contributed by atoms with Crippen molar-refractivity contribution in [2.75, 3.05) is 13.6 Å². The summed E-state index contributed by atoms with van der Waals surface area (Å²) in [6.45, 7) is 4.98. The maximum atomic E-state index is 10.7. The highest BCUT2D eigenvalue weighted by Gasteiger charge is 2.35. The third kappa shape index (κ3) is 3.85. The molecule has 1 aromatic rings. The summed E-state index contributed by atoms with van der Waals surface area (Å²) in [6, 6.07) is 8.71.